The van der Waals surface area contributed by atoms with Crippen molar-refractivity contribution in [3.05, 3.63) is 254 Å². The van der Waals surface area contributed by atoms with Gasteiger partial charge in [0, 0.05) is 67.0 Å². The first kappa shape index (κ1) is 44.6. The van der Waals surface area contributed by atoms with E-state index in [1.807, 2.05) is 0 Å². The van der Waals surface area contributed by atoms with Gasteiger partial charge in [-0.2, -0.15) is 0 Å². The average Bonchev–Trinajstić information content (AvgIpc) is 3.97. The summed E-state index contributed by atoms with van der Waals surface area (Å²) >= 11 is 0. The minimum absolute atomic E-state index is 1.09. The average molecular weight is 931 g/mol. The molecule has 0 aliphatic carbocycles. The van der Waals surface area contributed by atoms with E-state index in [0.29, 0.717) is 0 Å². The Hall–Kier alpha value is -8.60. The van der Waals surface area contributed by atoms with Crippen LogP contribution < -0.4 is 9.80 Å². The highest BCUT2D eigenvalue weighted by molar-refractivity contribution is 6.10. The van der Waals surface area contributed by atoms with E-state index in [0.717, 1.165) is 58.3 Å². The van der Waals surface area contributed by atoms with Crippen LogP contribution in [0.3, 0.4) is 0 Å². The van der Waals surface area contributed by atoms with E-state index in [1.54, 1.807) is 0 Å². The molecule has 0 atom stereocenters. The second kappa shape index (κ2) is 19.7. The van der Waals surface area contributed by atoms with Crippen LogP contribution in [0.15, 0.2) is 243 Å². The van der Waals surface area contributed by atoms with Crippen molar-refractivity contribution in [1.29, 1.82) is 0 Å². The number of hydrogen-bond donors (Lipinski definition) is 0. The van der Waals surface area contributed by atoms with Crippen LogP contribution in [-0.2, 0) is 12.8 Å². The Labute approximate surface area is 423 Å². The van der Waals surface area contributed by atoms with Gasteiger partial charge in [0.2, 0.25) is 0 Å². The number of unbranched alkanes of at least 4 members (excludes halogenated alkanes) is 2. The number of rotatable bonds is 15. The van der Waals surface area contributed by atoms with E-state index >= 15 is 0 Å². The topological polar surface area (TPSA) is 16.3 Å². The molecule has 2 heterocycles. The van der Waals surface area contributed by atoms with Gasteiger partial charge in [-0.25, -0.2) is 0 Å². The first-order valence-corrected chi connectivity index (χ1v) is 25.8. The number of aryl methyl sites for hydroxylation is 2. The lowest BCUT2D eigenvalue weighted by atomic mass is 10.0. The van der Waals surface area contributed by atoms with Gasteiger partial charge >= 0.3 is 0 Å². The molecule has 0 unspecified atom stereocenters. The molecule has 0 radical (unpaired) electrons. The molecular formula is C68H58N4. The standard InChI is InChI=1S/C68H58N4/c1-3-5-15-49-25-33-53(34-26-49)69(57-41-45-59(46-42-57)71-65-21-11-7-17-61(65)62-18-8-12-22-66(62)71)55-37-29-51(30-38-55)52-31-39-56(40-32-52)70(54-35-27-50(28-36-54)16-6-4-2)58-43-47-60(48-44-58)72-67-23-13-9-19-63(67)64-20-10-14-24-68(64)72/h7-14,17-48H,3-6,15-16H2,1-2H3. The lowest BCUT2D eigenvalue weighted by Crippen LogP contribution is -2.10. The zero-order valence-corrected chi connectivity index (χ0v) is 41.1. The summed E-state index contributed by atoms with van der Waals surface area (Å²) in [6, 6.07) is 89.3. The van der Waals surface area contributed by atoms with Gasteiger partial charge in [0.25, 0.3) is 0 Å². The lowest BCUT2D eigenvalue weighted by Gasteiger charge is -2.27. The van der Waals surface area contributed by atoms with E-state index < -0.39 is 0 Å². The molecular weight excluding hydrogens is 873 g/mol. The molecule has 0 saturated heterocycles. The van der Waals surface area contributed by atoms with Crippen molar-refractivity contribution in [2.75, 3.05) is 9.80 Å². The zero-order chi connectivity index (χ0) is 48.4. The second-order valence-corrected chi connectivity index (χ2v) is 19.1. The van der Waals surface area contributed by atoms with Gasteiger partial charge < -0.3 is 18.9 Å². The van der Waals surface area contributed by atoms with Crippen molar-refractivity contribution in [3.63, 3.8) is 0 Å². The molecule has 10 aromatic carbocycles. The van der Waals surface area contributed by atoms with Crippen LogP contribution in [0.25, 0.3) is 66.1 Å². The zero-order valence-electron chi connectivity index (χ0n) is 41.1. The van der Waals surface area contributed by atoms with Crippen molar-refractivity contribution in [1.82, 2.24) is 9.13 Å². The highest BCUT2D eigenvalue weighted by Gasteiger charge is 2.18. The maximum absolute atomic E-state index is 2.38. The summed E-state index contributed by atoms with van der Waals surface area (Å²) in [4.78, 5) is 4.76. The van der Waals surface area contributed by atoms with Crippen LogP contribution >= 0.6 is 0 Å². The van der Waals surface area contributed by atoms with E-state index in [2.05, 4.69) is 275 Å². The molecule has 0 N–H and O–H groups in total. The van der Waals surface area contributed by atoms with E-state index in [1.165, 1.54) is 91.5 Å². The van der Waals surface area contributed by atoms with Crippen molar-refractivity contribution in [2.45, 2.75) is 52.4 Å². The Morgan fingerprint density at radius 3 is 0.806 bits per heavy atom. The van der Waals surface area contributed by atoms with Gasteiger partial charge in [-0.15, -0.1) is 0 Å². The van der Waals surface area contributed by atoms with Crippen molar-refractivity contribution in [2.24, 2.45) is 0 Å². The molecule has 0 aliphatic rings. The fraction of sp³-hybridized carbons (Fsp3) is 0.118. The normalized spacial score (nSPS) is 11.5. The predicted octanol–water partition coefficient (Wildman–Crippen LogP) is 19.2. The molecule has 0 fully saturated rings. The largest absolute Gasteiger partial charge is 0.311 e. The number of fused-ring (bicyclic) bond motifs is 6. The summed E-state index contributed by atoms with van der Waals surface area (Å²) in [6.45, 7) is 4.51. The fourth-order valence-corrected chi connectivity index (χ4v) is 10.8. The quantitative estimate of drug-likeness (QED) is 0.102. The van der Waals surface area contributed by atoms with Crippen molar-refractivity contribution in [3.8, 4) is 22.5 Å². The SMILES string of the molecule is CCCCc1ccc(N(c2ccc(-c3ccc(N(c4ccc(CCCC)cc4)c4ccc(-n5c6ccccc6c6ccccc65)cc4)cc3)cc2)c2ccc(-n3c4ccccc4c4ccccc43)cc2)cc1. The summed E-state index contributed by atoms with van der Waals surface area (Å²) in [5, 5.41) is 5.07. The van der Waals surface area contributed by atoms with Gasteiger partial charge in [-0.3, -0.25) is 0 Å². The third-order valence-electron chi connectivity index (χ3n) is 14.5. The Morgan fingerprint density at radius 2 is 0.528 bits per heavy atom. The summed E-state index contributed by atoms with van der Waals surface area (Å²) in [5.74, 6) is 0. The molecule has 0 bridgehead atoms. The van der Waals surface area contributed by atoms with Gasteiger partial charge in [0.1, 0.15) is 0 Å². The molecule has 4 nitrogen and oxygen atoms in total. The van der Waals surface area contributed by atoms with Gasteiger partial charge in [0.05, 0.1) is 22.1 Å². The first-order chi connectivity index (χ1) is 35.6. The Morgan fingerprint density at radius 1 is 0.278 bits per heavy atom. The first-order valence-electron chi connectivity index (χ1n) is 25.8. The molecule has 12 aromatic rings. The molecule has 72 heavy (non-hydrogen) atoms. The van der Waals surface area contributed by atoms with Crippen LogP contribution in [0.2, 0.25) is 0 Å². The molecule has 0 spiro atoms. The number of hydrogen-bond acceptors (Lipinski definition) is 2. The minimum atomic E-state index is 1.09. The number of anilines is 6. The molecule has 0 aliphatic heterocycles. The van der Waals surface area contributed by atoms with Crippen LogP contribution in [0.1, 0.15) is 50.7 Å². The van der Waals surface area contributed by atoms with Gasteiger partial charge in [-0.1, -0.05) is 148 Å². The van der Waals surface area contributed by atoms with Crippen molar-refractivity contribution < 1.29 is 0 Å². The van der Waals surface area contributed by atoms with Crippen LogP contribution in [0.4, 0.5) is 34.1 Å². The summed E-state index contributed by atoms with van der Waals surface area (Å²) in [6.07, 6.45) is 6.94. The Kier molecular flexibility index (Phi) is 12.2. The number of nitrogens with zero attached hydrogens (tertiary/aromatic N) is 4. The molecule has 4 heteroatoms. The number of aromatic nitrogens is 2. The molecule has 0 saturated carbocycles. The van der Waals surface area contributed by atoms with Gasteiger partial charge in [-0.05, 0) is 169 Å². The fourth-order valence-electron chi connectivity index (χ4n) is 10.8. The highest BCUT2D eigenvalue weighted by Crippen LogP contribution is 2.41. The lowest BCUT2D eigenvalue weighted by molar-refractivity contribution is 0.795. The van der Waals surface area contributed by atoms with Crippen molar-refractivity contribution >= 4 is 77.7 Å². The Bertz CT molecular complexity index is 3430. The molecule has 2 aromatic heterocycles. The number of para-hydroxylation sites is 4. The summed E-state index contributed by atoms with van der Waals surface area (Å²) in [7, 11) is 0. The molecule has 0 amide bonds. The molecule has 12 rings (SSSR count). The highest BCUT2D eigenvalue weighted by atomic mass is 15.1. The third kappa shape index (κ3) is 8.39. The van der Waals surface area contributed by atoms with E-state index in [9.17, 15) is 0 Å². The monoisotopic (exact) mass is 930 g/mol. The number of benzene rings is 10. The van der Waals surface area contributed by atoms with E-state index in [4.69, 9.17) is 0 Å². The predicted molar refractivity (Wildman–Crippen MR) is 307 cm³/mol. The van der Waals surface area contributed by atoms with Crippen LogP contribution in [0.5, 0.6) is 0 Å². The Balaban J connectivity index is 0.866. The second-order valence-electron chi connectivity index (χ2n) is 19.1. The van der Waals surface area contributed by atoms with Crippen LogP contribution in [-0.4, -0.2) is 9.13 Å². The minimum Gasteiger partial charge on any atom is -0.311 e. The third-order valence-corrected chi connectivity index (χ3v) is 14.5. The maximum Gasteiger partial charge on any atom is 0.0541 e. The van der Waals surface area contributed by atoms with E-state index in [-0.39, 0.29) is 0 Å². The maximum atomic E-state index is 2.38. The smallest absolute Gasteiger partial charge is 0.0541 e. The summed E-state index contributed by atoms with van der Waals surface area (Å²) in [5.41, 5.74) is 18.9. The molecule has 350 valence electrons. The summed E-state index contributed by atoms with van der Waals surface area (Å²) < 4.78 is 4.77. The van der Waals surface area contributed by atoms with Gasteiger partial charge in [0.15, 0.2) is 0 Å². The van der Waals surface area contributed by atoms with Crippen LogP contribution in [0, 0.1) is 0 Å².